The van der Waals surface area contributed by atoms with E-state index in [9.17, 15) is 0 Å². The highest BCUT2D eigenvalue weighted by atomic mass is 15.1. The molecule has 10 aromatic rings. The van der Waals surface area contributed by atoms with E-state index in [0.717, 1.165) is 17.1 Å². The summed E-state index contributed by atoms with van der Waals surface area (Å²) >= 11 is 0. The van der Waals surface area contributed by atoms with Crippen LogP contribution in [0.5, 0.6) is 0 Å². The van der Waals surface area contributed by atoms with Gasteiger partial charge in [0, 0.05) is 17.1 Å². The predicted molar refractivity (Wildman–Crippen MR) is 227 cm³/mol. The van der Waals surface area contributed by atoms with Crippen LogP contribution in [0.25, 0.3) is 76.5 Å². The molecule has 248 valence electrons. The van der Waals surface area contributed by atoms with Crippen LogP contribution in [0.4, 0.5) is 17.1 Å². The van der Waals surface area contributed by atoms with E-state index in [1.165, 1.54) is 76.5 Å². The fourth-order valence-corrected chi connectivity index (χ4v) is 7.88. The normalized spacial score (nSPS) is 11.4. The first-order chi connectivity index (χ1) is 26.2. The summed E-state index contributed by atoms with van der Waals surface area (Å²) in [5, 5.41) is 9.97. The van der Waals surface area contributed by atoms with E-state index in [1.54, 1.807) is 0 Å². The number of fused-ring (bicyclic) bond motifs is 5. The molecule has 53 heavy (non-hydrogen) atoms. The average molecular weight is 674 g/mol. The van der Waals surface area contributed by atoms with Crippen LogP contribution in [-0.4, -0.2) is 0 Å². The Kier molecular flexibility index (Phi) is 7.55. The van der Waals surface area contributed by atoms with Crippen molar-refractivity contribution in [2.24, 2.45) is 0 Å². The maximum Gasteiger partial charge on any atom is 0.0468 e. The molecule has 0 aliphatic carbocycles. The van der Waals surface area contributed by atoms with Crippen LogP contribution >= 0.6 is 0 Å². The summed E-state index contributed by atoms with van der Waals surface area (Å²) in [5.74, 6) is 0. The van der Waals surface area contributed by atoms with Crippen molar-refractivity contribution in [2.75, 3.05) is 4.90 Å². The number of nitrogens with zero attached hydrogens (tertiary/aromatic N) is 1. The lowest BCUT2D eigenvalue weighted by Gasteiger charge is -2.27. The zero-order valence-electron chi connectivity index (χ0n) is 29.2. The first kappa shape index (κ1) is 30.8. The SMILES string of the molecule is c1ccc(-c2cc(N(c3ccc(-c4ccc5ccccc5c4)cc3)c3ccc4ccc5ccccc5c4c3)ccc2-c2ccc3ccccc3c2)cc1. The van der Waals surface area contributed by atoms with E-state index in [1.807, 2.05) is 0 Å². The summed E-state index contributed by atoms with van der Waals surface area (Å²) in [4.78, 5) is 2.40. The highest BCUT2D eigenvalue weighted by Crippen LogP contribution is 2.43. The molecule has 0 heterocycles. The molecule has 10 aromatic carbocycles. The highest BCUT2D eigenvalue weighted by Gasteiger charge is 2.18. The molecule has 0 radical (unpaired) electrons. The van der Waals surface area contributed by atoms with Gasteiger partial charge in [0.2, 0.25) is 0 Å². The van der Waals surface area contributed by atoms with Gasteiger partial charge in [-0.15, -0.1) is 0 Å². The number of hydrogen-bond acceptors (Lipinski definition) is 1. The van der Waals surface area contributed by atoms with Gasteiger partial charge in [-0.25, -0.2) is 0 Å². The van der Waals surface area contributed by atoms with Gasteiger partial charge in [0.1, 0.15) is 0 Å². The van der Waals surface area contributed by atoms with E-state index in [0.29, 0.717) is 0 Å². The molecule has 0 fully saturated rings. The summed E-state index contributed by atoms with van der Waals surface area (Å²) in [6.07, 6.45) is 0. The van der Waals surface area contributed by atoms with E-state index in [2.05, 4.69) is 217 Å². The summed E-state index contributed by atoms with van der Waals surface area (Å²) in [7, 11) is 0. The fraction of sp³-hybridized carbons (Fsp3) is 0. The van der Waals surface area contributed by atoms with Crippen LogP contribution in [0.3, 0.4) is 0 Å². The molecular weight excluding hydrogens is 639 g/mol. The Labute approximate surface area is 309 Å². The minimum Gasteiger partial charge on any atom is -0.310 e. The van der Waals surface area contributed by atoms with Gasteiger partial charge in [-0.3, -0.25) is 0 Å². The van der Waals surface area contributed by atoms with Crippen LogP contribution < -0.4 is 4.90 Å². The number of anilines is 3. The van der Waals surface area contributed by atoms with E-state index in [-0.39, 0.29) is 0 Å². The van der Waals surface area contributed by atoms with Gasteiger partial charge in [-0.1, -0.05) is 164 Å². The quantitative estimate of drug-likeness (QED) is 0.159. The zero-order valence-corrected chi connectivity index (χ0v) is 29.2. The Hall–Kier alpha value is -6.96. The molecular formula is C52H35N. The smallest absolute Gasteiger partial charge is 0.0468 e. The van der Waals surface area contributed by atoms with Gasteiger partial charge in [-0.2, -0.15) is 0 Å². The van der Waals surface area contributed by atoms with Crippen molar-refractivity contribution >= 4 is 60.2 Å². The summed E-state index contributed by atoms with van der Waals surface area (Å²) in [6, 6.07) is 77.4. The minimum absolute atomic E-state index is 1.10. The maximum absolute atomic E-state index is 2.40. The zero-order chi connectivity index (χ0) is 35.1. The first-order valence-electron chi connectivity index (χ1n) is 18.2. The van der Waals surface area contributed by atoms with E-state index in [4.69, 9.17) is 0 Å². The second-order valence-corrected chi connectivity index (χ2v) is 13.8. The molecule has 1 nitrogen and oxygen atoms in total. The lowest BCUT2D eigenvalue weighted by molar-refractivity contribution is 1.29. The van der Waals surface area contributed by atoms with Gasteiger partial charge in [-0.05, 0) is 125 Å². The standard InChI is InChI=1S/C52H35N/c1-2-12-39(13-3-1)51-35-48(30-31-50(51)45-23-19-37-11-5-7-16-43(37)33-45)53(47-29-26-41-21-20-40-14-8-9-17-49(40)52(41)34-47)46-27-24-38(25-28-46)44-22-18-36-10-4-6-15-42(36)32-44/h1-35H. The molecule has 10 rings (SSSR count). The summed E-state index contributed by atoms with van der Waals surface area (Å²) < 4.78 is 0. The third-order valence-corrected chi connectivity index (χ3v) is 10.6. The van der Waals surface area contributed by atoms with Crippen molar-refractivity contribution in [1.29, 1.82) is 0 Å². The predicted octanol–water partition coefficient (Wildman–Crippen LogP) is 14.8. The Morgan fingerprint density at radius 3 is 1.45 bits per heavy atom. The lowest BCUT2D eigenvalue weighted by atomic mass is 9.92. The lowest BCUT2D eigenvalue weighted by Crippen LogP contribution is -2.10. The van der Waals surface area contributed by atoms with E-state index < -0.39 is 0 Å². The Morgan fingerprint density at radius 2 is 0.717 bits per heavy atom. The fourth-order valence-electron chi connectivity index (χ4n) is 7.88. The van der Waals surface area contributed by atoms with Gasteiger partial charge < -0.3 is 4.90 Å². The van der Waals surface area contributed by atoms with Crippen molar-refractivity contribution in [1.82, 2.24) is 0 Å². The molecule has 0 aliphatic rings. The molecule has 0 bridgehead atoms. The molecule has 0 spiro atoms. The maximum atomic E-state index is 2.40. The summed E-state index contributed by atoms with van der Waals surface area (Å²) in [6.45, 7) is 0. The largest absolute Gasteiger partial charge is 0.310 e. The van der Waals surface area contributed by atoms with Crippen molar-refractivity contribution in [2.45, 2.75) is 0 Å². The molecule has 1 heteroatoms. The second-order valence-electron chi connectivity index (χ2n) is 13.8. The van der Waals surface area contributed by atoms with Gasteiger partial charge in [0.25, 0.3) is 0 Å². The molecule has 0 aromatic heterocycles. The Morgan fingerprint density at radius 1 is 0.226 bits per heavy atom. The van der Waals surface area contributed by atoms with Crippen LogP contribution in [0, 0.1) is 0 Å². The molecule has 0 saturated heterocycles. The van der Waals surface area contributed by atoms with Crippen molar-refractivity contribution < 1.29 is 0 Å². The number of hydrogen-bond donors (Lipinski definition) is 0. The minimum atomic E-state index is 1.10. The molecule has 0 aliphatic heterocycles. The molecule has 0 unspecified atom stereocenters. The Bertz CT molecular complexity index is 2940. The topological polar surface area (TPSA) is 3.24 Å². The van der Waals surface area contributed by atoms with Crippen LogP contribution in [-0.2, 0) is 0 Å². The van der Waals surface area contributed by atoms with E-state index >= 15 is 0 Å². The van der Waals surface area contributed by atoms with Crippen LogP contribution in [0.2, 0.25) is 0 Å². The number of benzene rings is 10. The van der Waals surface area contributed by atoms with Gasteiger partial charge in [0.05, 0.1) is 0 Å². The van der Waals surface area contributed by atoms with Crippen LogP contribution in [0.15, 0.2) is 212 Å². The van der Waals surface area contributed by atoms with Gasteiger partial charge >= 0.3 is 0 Å². The van der Waals surface area contributed by atoms with Crippen molar-refractivity contribution in [3.05, 3.63) is 212 Å². The third kappa shape index (κ3) is 5.69. The molecule has 0 saturated carbocycles. The van der Waals surface area contributed by atoms with Crippen molar-refractivity contribution in [3.8, 4) is 33.4 Å². The third-order valence-electron chi connectivity index (χ3n) is 10.6. The highest BCUT2D eigenvalue weighted by molar-refractivity contribution is 6.09. The second kappa shape index (κ2) is 13.0. The molecule has 0 amide bonds. The Balaban J connectivity index is 1.16. The summed E-state index contributed by atoms with van der Waals surface area (Å²) in [5.41, 5.74) is 10.5. The molecule has 0 N–H and O–H groups in total. The van der Waals surface area contributed by atoms with Crippen LogP contribution in [0.1, 0.15) is 0 Å². The molecule has 0 atom stereocenters. The average Bonchev–Trinajstić information content (AvgIpc) is 3.24. The van der Waals surface area contributed by atoms with Gasteiger partial charge in [0.15, 0.2) is 0 Å². The first-order valence-corrected chi connectivity index (χ1v) is 18.2. The van der Waals surface area contributed by atoms with Crippen molar-refractivity contribution in [3.63, 3.8) is 0 Å². The number of rotatable bonds is 6. The monoisotopic (exact) mass is 673 g/mol.